The van der Waals surface area contributed by atoms with Crippen molar-refractivity contribution in [1.29, 1.82) is 0 Å². The summed E-state index contributed by atoms with van der Waals surface area (Å²) in [5, 5.41) is 3.23. The highest BCUT2D eigenvalue weighted by Crippen LogP contribution is 2.32. The molecule has 3 aliphatic rings. The van der Waals surface area contributed by atoms with Crippen LogP contribution in [0.3, 0.4) is 0 Å². The molecular formula is C22H31N3O2. The summed E-state index contributed by atoms with van der Waals surface area (Å²) in [6, 6.07) is 8.80. The van der Waals surface area contributed by atoms with Crippen LogP contribution < -0.4 is 5.32 Å². The maximum atomic E-state index is 12.8. The predicted octanol–water partition coefficient (Wildman–Crippen LogP) is 3.29. The number of hydrogen-bond acceptors (Lipinski definition) is 2. The zero-order valence-corrected chi connectivity index (χ0v) is 16.3. The second kappa shape index (κ2) is 7.91. The molecule has 1 saturated carbocycles. The summed E-state index contributed by atoms with van der Waals surface area (Å²) in [5.41, 5.74) is 2.69. The van der Waals surface area contributed by atoms with Gasteiger partial charge in [-0.05, 0) is 56.6 Å². The van der Waals surface area contributed by atoms with E-state index in [9.17, 15) is 9.59 Å². The van der Waals surface area contributed by atoms with E-state index in [1.165, 1.54) is 11.1 Å². The minimum atomic E-state index is 0.0697. The number of likely N-dealkylation sites (tertiary alicyclic amines) is 2. The van der Waals surface area contributed by atoms with Crippen LogP contribution in [0.15, 0.2) is 24.3 Å². The van der Waals surface area contributed by atoms with Gasteiger partial charge in [-0.3, -0.25) is 4.79 Å². The Kier molecular flexibility index (Phi) is 5.37. The van der Waals surface area contributed by atoms with E-state index in [0.29, 0.717) is 17.7 Å². The summed E-state index contributed by atoms with van der Waals surface area (Å²) in [6.07, 6.45) is 6.08. The van der Waals surface area contributed by atoms with Crippen molar-refractivity contribution in [2.24, 2.45) is 5.92 Å². The van der Waals surface area contributed by atoms with E-state index in [0.717, 1.165) is 64.7 Å². The minimum absolute atomic E-state index is 0.0697. The van der Waals surface area contributed by atoms with Crippen LogP contribution >= 0.6 is 0 Å². The van der Waals surface area contributed by atoms with Crippen LogP contribution in [0.4, 0.5) is 4.79 Å². The van der Waals surface area contributed by atoms with Gasteiger partial charge in [0, 0.05) is 44.1 Å². The highest BCUT2D eigenvalue weighted by molar-refractivity contribution is 5.81. The summed E-state index contributed by atoms with van der Waals surface area (Å²) < 4.78 is 0. The average molecular weight is 370 g/mol. The van der Waals surface area contributed by atoms with Crippen molar-refractivity contribution in [3.05, 3.63) is 35.4 Å². The number of nitrogens with one attached hydrogen (secondary N) is 1. The first kappa shape index (κ1) is 18.3. The van der Waals surface area contributed by atoms with Gasteiger partial charge in [0.2, 0.25) is 5.91 Å². The maximum Gasteiger partial charge on any atom is 0.317 e. The fraction of sp³-hybridized carbons (Fsp3) is 0.636. The smallest absolute Gasteiger partial charge is 0.317 e. The molecule has 1 N–H and O–H groups in total. The van der Waals surface area contributed by atoms with Crippen LogP contribution in [0.25, 0.3) is 0 Å². The molecule has 0 unspecified atom stereocenters. The third-order valence-corrected chi connectivity index (χ3v) is 6.40. The average Bonchev–Trinajstić information content (AvgIpc) is 3.54. The normalized spacial score (nSPS) is 24.0. The molecule has 5 heteroatoms. The van der Waals surface area contributed by atoms with E-state index >= 15 is 0 Å². The van der Waals surface area contributed by atoms with E-state index in [1.807, 2.05) is 9.80 Å². The quantitative estimate of drug-likeness (QED) is 0.889. The van der Waals surface area contributed by atoms with Gasteiger partial charge in [0.15, 0.2) is 0 Å². The highest BCUT2D eigenvalue weighted by Gasteiger charge is 2.35. The van der Waals surface area contributed by atoms with Gasteiger partial charge in [-0.25, -0.2) is 4.79 Å². The van der Waals surface area contributed by atoms with Gasteiger partial charge in [0.1, 0.15) is 0 Å². The summed E-state index contributed by atoms with van der Waals surface area (Å²) in [4.78, 5) is 28.9. The molecule has 2 heterocycles. The second-order valence-electron chi connectivity index (χ2n) is 8.47. The van der Waals surface area contributed by atoms with E-state index in [-0.39, 0.29) is 12.1 Å². The molecule has 0 aromatic heterocycles. The van der Waals surface area contributed by atoms with Crippen molar-refractivity contribution in [2.45, 2.75) is 57.4 Å². The van der Waals surface area contributed by atoms with Gasteiger partial charge in [-0.1, -0.05) is 24.3 Å². The fourth-order valence-corrected chi connectivity index (χ4v) is 4.56. The van der Waals surface area contributed by atoms with Gasteiger partial charge in [-0.15, -0.1) is 0 Å². The number of aryl methyl sites for hydroxylation is 1. The number of carbonyl (C=O) groups excluding carboxylic acids is 2. The number of benzene rings is 1. The van der Waals surface area contributed by atoms with Crippen molar-refractivity contribution < 1.29 is 9.59 Å². The zero-order valence-electron chi connectivity index (χ0n) is 16.3. The molecule has 0 bridgehead atoms. The Morgan fingerprint density at radius 3 is 2.41 bits per heavy atom. The molecule has 3 amide bonds. The Balaban J connectivity index is 1.28. The third-order valence-electron chi connectivity index (χ3n) is 6.40. The number of piperidine rings is 2. The lowest BCUT2D eigenvalue weighted by Gasteiger charge is -2.37. The van der Waals surface area contributed by atoms with E-state index in [1.54, 1.807) is 0 Å². The standard InChI is InChI=1S/C22H31N3O2/c1-16-5-2-3-7-20(16)18-6-4-12-25(15-18)22(27)23-19-10-13-24(14-11-19)21(26)17-8-9-17/h2-3,5,7,17-19H,4,6,8-15H2,1H3,(H,23,27)/t18-/m0/s1. The molecule has 1 atom stereocenters. The molecule has 1 aliphatic carbocycles. The first-order chi connectivity index (χ1) is 13.1. The lowest BCUT2D eigenvalue weighted by Crippen LogP contribution is -2.52. The van der Waals surface area contributed by atoms with Crippen molar-refractivity contribution in [3.8, 4) is 0 Å². The first-order valence-electron chi connectivity index (χ1n) is 10.5. The summed E-state index contributed by atoms with van der Waals surface area (Å²) in [7, 11) is 0. The molecular weight excluding hydrogens is 338 g/mol. The Hall–Kier alpha value is -2.04. The van der Waals surface area contributed by atoms with Crippen LogP contribution in [0.1, 0.15) is 55.6 Å². The van der Waals surface area contributed by atoms with Crippen molar-refractivity contribution in [1.82, 2.24) is 15.1 Å². The number of hydrogen-bond donors (Lipinski definition) is 1. The number of carbonyl (C=O) groups is 2. The van der Waals surface area contributed by atoms with Crippen molar-refractivity contribution >= 4 is 11.9 Å². The topological polar surface area (TPSA) is 52.7 Å². The van der Waals surface area contributed by atoms with Crippen LogP contribution in [-0.2, 0) is 4.79 Å². The molecule has 27 heavy (non-hydrogen) atoms. The summed E-state index contributed by atoms with van der Waals surface area (Å²) in [6.45, 7) is 5.37. The van der Waals surface area contributed by atoms with Gasteiger partial charge < -0.3 is 15.1 Å². The van der Waals surface area contributed by atoms with Gasteiger partial charge in [-0.2, -0.15) is 0 Å². The predicted molar refractivity (Wildman–Crippen MR) is 106 cm³/mol. The van der Waals surface area contributed by atoms with Crippen molar-refractivity contribution in [3.63, 3.8) is 0 Å². The molecule has 1 aromatic rings. The van der Waals surface area contributed by atoms with E-state index in [4.69, 9.17) is 0 Å². The Morgan fingerprint density at radius 1 is 0.963 bits per heavy atom. The Bertz CT molecular complexity index is 693. The SMILES string of the molecule is Cc1ccccc1[C@H]1CCCN(C(=O)NC2CCN(C(=O)C3CC3)CC2)C1. The molecule has 3 fully saturated rings. The van der Waals surface area contributed by atoms with Gasteiger partial charge in [0.25, 0.3) is 0 Å². The molecule has 146 valence electrons. The zero-order chi connectivity index (χ0) is 18.8. The Labute approximate surface area is 162 Å². The fourth-order valence-electron chi connectivity index (χ4n) is 4.56. The summed E-state index contributed by atoms with van der Waals surface area (Å²) in [5.74, 6) is 1.06. The molecule has 5 nitrogen and oxygen atoms in total. The van der Waals surface area contributed by atoms with Crippen LogP contribution in [0, 0.1) is 12.8 Å². The number of nitrogens with zero attached hydrogens (tertiary/aromatic N) is 2. The number of amides is 3. The lowest BCUT2D eigenvalue weighted by molar-refractivity contribution is -0.133. The molecule has 2 aliphatic heterocycles. The van der Waals surface area contributed by atoms with E-state index in [2.05, 4.69) is 36.5 Å². The highest BCUT2D eigenvalue weighted by atomic mass is 16.2. The van der Waals surface area contributed by atoms with Crippen LogP contribution in [0.2, 0.25) is 0 Å². The first-order valence-corrected chi connectivity index (χ1v) is 10.5. The van der Waals surface area contributed by atoms with Gasteiger partial charge in [0.05, 0.1) is 0 Å². The number of rotatable bonds is 3. The lowest BCUT2D eigenvalue weighted by atomic mass is 9.88. The van der Waals surface area contributed by atoms with Crippen LogP contribution in [-0.4, -0.2) is 54.0 Å². The van der Waals surface area contributed by atoms with Crippen molar-refractivity contribution in [2.75, 3.05) is 26.2 Å². The molecule has 0 radical (unpaired) electrons. The third kappa shape index (κ3) is 4.28. The molecule has 2 saturated heterocycles. The summed E-state index contributed by atoms with van der Waals surface area (Å²) >= 11 is 0. The van der Waals surface area contributed by atoms with Gasteiger partial charge >= 0.3 is 6.03 Å². The Morgan fingerprint density at radius 2 is 1.70 bits per heavy atom. The molecule has 4 rings (SSSR count). The minimum Gasteiger partial charge on any atom is -0.342 e. The largest absolute Gasteiger partial charge is 0.342 e. The van der Waals surface area contributed by atoms with E-state index < -0.39 is 0 Å². The molecule has 1 aromatic carbocycles. The number of urea groups is 1. The second-order valence-corrected chi connectivity index (χ2v) is 8.47. The maximum absolute atomic E-state index is 12.8. The monoisotopic (exact) mass is 369 g/mol. The molecule has 0 spiro atoms. The van der Waals surface area contributed by atoms with Crippen LogP contribution in [0.5, 0.6) is 0 Å².